The van der Waals surface area contributed by atoms with Crippen LogP contribution in [0, 0.1) is 5.92 Å². The maximum absolute atomic E-state index is 11.7. The average molecular weight is 352 g/mol. The summed E-state index contributed by atoms with van der Waals surface area (Å²) in [6.07, 6.45) is 4.18. The summed E-state index contributed by atoms with van der Waals surface area (Å²) < 4.78 is 0. The van der Waals surface area contributed by atoms with Gasteiger partial charge in [0.25, 0.3) is 0 Å². The molecule has 7 heteroatoms. The standard InChI is InChI=1S/C17H29N5OS/c1-12(2)14-11-24-15(22-14)10-21-17(18-3)20-9-5-8-19-16(23)13-6-4-7-13/h11-13H,4-10H2,1-3H3,(H,19,23)(H2,18,20,21). The summed E-state index contributed by atoms with van der Waals surface area (Å²) in [6, 6.07) is 0. The molecule has 0 aromatic carbocycles. The highest BCUT2D eigenvalue weighted by molar-refractivity contribution is 7.09. The zero-order valence-corrected chi connectivity index (χ0v) is 15.7. The van der Waals surface area contributed by atoms with Crippen molar-refractivity contribution in [1.29, 1.82) is 0 Å². The van der Waals surface area contributed by atoms with E-state index in [4.69, 9.17) is 0 Å². The lowest BCUT2D eigenvalue weighted by Gasteiger charge is -2.24. The smallest absolute Gasteiger partial charge is 0.223 e. The highest BCUT2D eigenvalue weighted by Crippen LogP contribution is 2.26. The summed E-state index contributed by atoms with van der Waals surface area (Å²) in [6.45, 7) is 6.46. The Morgan fingerprint density at radius 3 is 2.67 bits per heavy atom. The maximum Gasteiger partial charge on any atom is 0.223 e. The van der Waals surface area contributed by atoms with Crippen LogP contribution >= 0.6 is 11.3 Å². The highest BCUT2D eigenvalue weighted by atomic mass is 32.1. The fourth-order valence-electron chi connectivity index (χ4n) is 2.37. The van der Waals surface area contributed by atoms with Gasteiger partial charge >= 0.3 is 0 Å². The molecule has 2 rings (SSSR count). The van der Waals surface area contributed by atoms with E-state index < -0.39 is 0 Å². The summed E-state index contributed by atoms with van der Waals surface area (Å²) in [5.41, 5.74) is 1.14. The molecule has 1 aromatic rings. The SMILES string of the molecule is CN=C(NCCCNC(=O)C1CCC1)NCc1nc(C(C)C)cs1. The van der Waals surface area contributed by atoms with Gasteiger partial charge in [0.1, 0.15) is 5.01 Å². The number of rotatable bonds is 8. The summed E-state index contributed by atoms with van der Waals surface area (Å²) >= 11 is 1.67. The molecule has 6 nitrogen and oxygen atoms in total. The molecule has 1 heterocycles. The quantitative estimate of drug-likeness (QED) is 0.381. The summed E-state index contributed by atoms with van der Waals surface area (Å²) in [5.74, 6) is 1.71. The first-order chi connectivity index (χ1) is 11.6. The Morgan fingerprint density at radius 2 is 2.08 bits per heavy atom. The number of nitrogens with zero attached hydrogens (tertiary/aromatic N) is 2. The first kappa shape index (κ1) is 18.7. The molecule has 1 saturated carbocycles. The van der Waals surface area contributed by atoms with E-state index in [1.54, 1.807) is 18.4 Å². The second kappa shape index (κ2) is 9.61. The Balaban J connectivity index is 1.58. The van der Waals surface area contributed by atoms with E-state index in [2.05, 4.69) is 45.2 Å². The van der Waals surface area contributed by atoms with Crippen LogP contribution in [0.25, 0.3) is 0 Å². The number of guanidine groups is 1. The number of aromatic nitrogens is 1. The predicted octanol–water partition coefficient (Wildman–Crippen LogP) is 2.24. The second-order valence-electron chi connectivity index (χ2n) is 6.45. The minimum Gasteiger partial charge on any atom is -0.356 e. The van der Waals surface area contributed by atoms with Gasteiger partial charge in [-0.1, -0.05) is 20.3 Å². The number of carbonyl (C=O) groups excluding carboxylic acids is 1. The monoisotopic (exact) mass is 351 g/mol. The number of hydrogen-bond donors (Lipinski definition) is 3. The van der Waals surface area contributed by atoms with Gasteiger partial charge in [-0.25, -0.2) is 4.98 Å². The molecule has 3 N–H and O–H groups in total. The summed E-state index contributed by atoms with van der Waals surface area (Å²) in [4.78, 5) is 20.5. The van der Waals surface area contributed by atoms with Gasteiger partial charge in [0, 0.05) is 31.4 Å². The number of thiazole rings is 1. The van der Waals surface area contributed by atoms with Gasteiger partial charge in [-0.2, -0.15) is 0 Å². The van der Waals surface area contributed by atoms with E-state index in [9.17, 15) is 4.79 Å². The first-order valence-electron chi connectivity index (χ1n) is 8.76. The molecule has 1 fully saturated rings. The van der Waals surface area contributed by atoms with E-state index in [1.165, 1.54) is 6.42 Å². The lowest BCUT2D eigenvalue weighted by atomic mass is 9.85. The third-order valence-electron chi connectivity index (χ3n) is 4.21. The molecule has 1 aromatic heterocycles. The Kier molecular flexibility index (Phi) is 7.49. The van der Waals surface area contributed by atoms with Crippen molar-refractivity contribution in [2.24, 2.45) is 10.9 Å². The number of carbonyl (C=O) groups is 1. The lowest BCUT2D eigenvalue weighted by molar-refractivity contribution is -0.127. The molecule has 0 saturated heterocycles. The molecule has 1 amide bonds. The van der Waals surface area contributed by atoms with Gasteiger partial charge in [-0.3, -0.25) is 9.79 Å². The third kappa shape index (κ3) is 5.78. The van der Waals surface area contributed by atoms with Gasteiger partial charge in [0.2, 0.25) is 5.91 Å². The van der Waals surface area contributed by atoms with Crippen LogP contribution in [0.5, 0.6) is 0 Å². The predicted molar refractivity (Wildman–Crippen MR) is 99.4 cm³/mol. The molecule has 0 bridgehead atoms. The molecule has 0 atom stereocenters. The van der Waals surface area contributed by atoms with Crippen molar-refractivity contribution < 1.29 is 4.79 Å². The number of aliphatic imine (C=N–C) groups is 1. The highest BCUT2D eigenvalue weighted by Gasteiger charge is 2.24. The van der Waals surface area contributed by atoms with Gasteiger partial charge in [0.15, 0.2) is 5.96 Å². The van der Waals surface area contributed by atoms with Crippen LogP contribution in [0.2, 0.25) is 0 Å². The fraction of sp³-hybridized carbons (Fsp3) is 0.706. The van der Waals surface area contributed by atoms with Crippen LogP contribution in [0.4, 0.5) is 0 Å². The van der Waals surface area contributed by atoms with Crippen molar-refractivity contribution in [3.63, 3.8) is 0 Å². The number of amides is 1. The molecular formula is C17H29N5OS. The van der Waals surface area contributed by atoms with Crippen LogP contribution in [0.1, 0.15) is 56.2 Å². The Labute approximate surface area is 148 Å². The first-order valence-corrected chi connectivity index (χ1v) is 9.64. The van der Waals surface area contributed by atoms with E-state index in [1.807, 2.05) is 0 Å². The van der Waals surface area contributed by atoms with E-state index in [-0.39, 0.29) is 11.8 Å². The Hall–Kier alpha value is -1.63. The molecule has 24 heavy (non-hydrogen) atoms. The number of nitrogens with one attached hydrogen (secondary N) is 3. The van der Waals surface area contributed by atoms with Crippen molar-refractivity contribution in [3.05, 3.63) is 16.1 Å². The van der Waals surface area contributed by atoms with Crippen LogP contribution in [-0.2, 0) is 11.3 Å². The molecule has 0 radical (unpaired) electrons. The van der Waals surface area contributed by atoms with E-state index in [0.717, 1.165) is 42.5 Å². The van der Waals surface area contributed by atoms with Crippen molar-refractivity contribution in [1.82, 2.24) is 20.9 Å². The van der Waals surface area contributed by atoms with Gasteiger partial charge in [0.05, 0.1) is 12.2 Å². The van der Waals surface area contributed by atoms with Crippen molar-refractivity contribution in [2.45, 2.75) is 52.0 Å². The van der Waals surface area contributed by atoms with Crippen molar-refractivity contribution in [2.75, 3.05) is 20.1 Å². The second-order valence-corrected chi connectivity index (χ2v) is 7.39. The van der Waals surface area contributed by atoms with Crippen LogP contribution in [0.15, 0.2) is 10.4 Å². The molecule has 0 aliphatic heterocycles. The average Bonchev–Trinajstić information content (AvgIpc) is 2.97. The minimum absolute atomic E-state index is 0.216. The molecule has 1 aliphatic rings. The molecule has 1 aliphatic carbocycles. The Bertz CT molecular complexity index is 551. The zero-order valence-electron chi connectivity index (χ0n) is 14.9. The third-order valence-corrected chi connectivity index (χ3v) is 5.08. The lowest BCUT2D eigenvalue weighted by Crippen LogP contribution is -2.39. The minimum atomic E-state index is 0.216. The zero-order chi connectivity index (χ0) is 17.4. The van der Waals surface area contributed by atoms with Crippen LogP contribution < -0.4 is 16.0 Å². The molecular weight excluding hydrogens is 322 g/mol. The van der Waals surface area contributed by atoms with Gasteiger partial charge < -0.3 is 16.0 Å². The maximum atomic E-state index is 11.7. The summed E-state index contributed by atoms with van der Waals surface area (Å²) in [7, 11) is 1.76. The summed E-state index contributed by atoms with van der Waals surface area (Å²) in [5, 5.41) is 12.7. The molecule has 0 spiro atoms. The van der Waals surface area contributed by atoms with Gasteiger partial charge in [-0.05, 0) is 25.2 Å². The fourth-order valence-corrected chi connectivity index (χ4v) is 3.27. The van der Waals surface area contributed by atoms with Crippen molar-refractivity contribution in [3.8, 4) is 0 Å². The molecule has 0 unspecified atom stereocenters. The largest absolute Gasteiger partial charge is 0.356 e. The normalized spacial score (nSPS) is 15.2. The van der Waals surface area contributed by atoms with E-state index >= 15 is 0 Å². The Morgan fingerprint density at radius 1 is 1.33 bits per heavy atom. The van der Waals surface area contributed by atoms with Crippen molar-refractivity contribution >= 4 is 23.2 Å². The van der Waals surface area contributed by atoms with E-state index in [0.29, 0.717) is 19.0 Å². The van der Waals surface area contributed by atoms with Gasteiger partial charge in [-0.15, -0.1) is 11.3 Å². The topological polar surface area (TPSA) is 78.4 Å². The molecule has 134 valence electrons. The number of hydrogen-bond acceptors (Lipinski definition) is 4. The van der Waals surface area contributed by atoms with Crippen LogP contribution in [0.3, 0.4) is 0 Å². The van der Waals surface area contributed by atoms with Crippen LogP contribution in [-0.4, -0.2) is 37.0 Å².